The highest BCUT2D eigenvalue weighted by Crippen LogP contribution is 2.00. The molecule has 0 aromatic carbocycles. The third-order valence-corrected chi connectivity index (χ3v) is 2.04. The zero-order chi connectivity index (χ0) is 10.1. The molecule has 0 saturated carbocycles. The van der Waals surface area contributed by atoms with E-state index in [1.54, 1.807) is 7.11 Å². The second-order valence-corrected chi connectivity index (χ2v) is 3.20. The van der Waals surface area contributed by atoms with Gasteiger partial charge in [-0.3, -0.25) is 5.41 Å². The van der Waals surface area contributed by atoms with Crippen molar-refractivity contribution in [1.29, 1.82) is 5.41 Å². The monoisotopic (exact) mass is 186 g/mol. The van der Waals surface area contributed by atoms with Crippen molar-refractivity contribution in [3.05, 3.63) is 0 Å². The average Bonchev–Trinajstić information content (AvgIpc) is 2.17. The van der Waals surface area contributed by atoms with E-state index in [1.165, 1.54) is 12.8 Å². The third kappa shape index (κ3) is 5.50. The molecule has 0 amide bonds. The summed E-state index contributed by atoms with van der Waals surface area (Å²) in [4.78, 5) is 2.01. The van der Waals surface area contributed by atoms with E-state index in [0.29, 0.717) is 6.02 Å². The van der Waals surface area contributed by atoms with E-state index >= 15 is 0 Å². The minimum atomic E-state index is 0.307. The smallest absolute Gasteiger partial charge is 0.284 e. The van der Waals surface area contributed by atoms with Crippen LogP contribution in [0, 0.1) is 5.41 Å². The highest BCUT2D eigenvalue weighted by Gasteiger charge is 2.07. The Bertz CT molecular complexity index is 129. The summed E-state index contributed by atoms with van der Waals surface area (Å²) in [6.45, 7) is 6.22. The van der Waals surface area contributed by atoms with Crippen molar-refractivity contribution in [3.63, 3.8) is 0 Å². The molecule has 0 bridgehead atoms. The van der Waals surface area contributed by atoms with Crippen LogP contribution in [0.1, 0.15) is 39.5 Å². The SMILES string of the molecule is CCCCN(CCCC)C(=N)OC. The molecule has 0 fully saturated rings. The van der Waals surface area contributed by atoms with Crippen LogP contribution in [0.25, 0.3) is 0 Å². The fourth-order valence-corrected chi connectivity index (χ4v) is 1.14. The van der Waals surface area contributed by atoms with E-state index in [0.717, 1.165) is 25.9 Å². The first kappa shape index (κ1) is 12.3. The molecule has 0 aliphatic rings. The maximum Gasteiger partial charge on any atom is 0.284 e. The predicted molar refractivity (Wildman–Crippen MR) is 56.1 cm³/mol. The molecule has 0 heterocycles. The first-order chi connectivity index (χ1) is 6.26. The lowest BCUT2D eigenvalue weighted by atomic mass is 10.3. The Morgan fingerprint density at radius 1 is 1.15 bits per heavy atom. The number of nitrogens with one attached hydrogen (secondary N) is 1. The van der Waals surface area contributed by atoms with Crippen LogP contribution in [0.15, 0.2) is 0 Å². The Labute approximate surface area is 81.6 Å². The van der Waals surface area contributed by atoms with E-state index in [4.69, 9.17) is 10.1 Å². The molecule has 0 spiro atoms. The number of hydrogen-bond acceptors (Lipinski definition) is 2. The van der Waals surface area contributed by atoms with Crippen LogP contribution in [-0.4, -0.2) is 31.1 Å². The molecule has 0 rings (SSSR count). The van der Waals surface area contributed by atoms with Crippen molar-refractivity contribution in [1.82, 2.24) is 4.90 Å². The van der Waals surface area contributed by atoms with E-state index in [1.807, 2.05) is 4.90 Å². The molecule has 0 unspecified atom stereocenters. The van der Waals surface area contributed by atoms with Gasteiger partial charge in [0.2, 0.25) is 0 Å². The Balaban J connectivity index is 3.79. The quantitative estimate of drug-likeness (QED) is 0.511. The molecule has 0 atom stereocenters. The lowest BCUT2D eigenvalue weighted by Gasteiger charge is -2.22. The molecule has 3 nitrogen and oxygen atoms in total. The molecule has 0 aliphatic carbocycles. The minimum absolute atomic E-state index is 0.307. The summed E-state index contributed by atoms with van der Waals surface area (Å²) in [7, 11) is 1.56. The highest BCUT2D eigenvalue weighted by atomic mass is 16.5. The lowest BCUT2D eigenvalue weighted by molar-refractivity contribution is 0.271. The molecular formula is C10H22N2O. The zero-order valence-electron chi connectivity index (χ0n) is 9.10. The van der Waals surface area contributed by atoms with Crippen LogP contribution in [-0.2, 0) is 4.74 Å². The zero-order valence-corrected chi connectivity index (χ0v) is 9.10. The lowest BCUT2D eigenvalue weighted by Crippen LogP contribution is -2.33. The minimum Gasteiger partial charge on any atom is -0.469 e. The van der Waals surface area contributed by atoms with Gasteiger partial charge in [-0.25, -0.2) is 0 Å². The summed E-state index contributed by atoms with van der Waals surface area (Å²) >= 11 is 0. The number of amidine groups is 1. The summed E-state index contributed by atoms with van der Waals surface area (Å²) in [5, 5.41) is 7.56. The molecule has 0 radical (unpaired) electrons. The van der Waals surface area contributed by atoms with Crippen LogP contribution < -0.4 is 0 Å². The van der Waals surface area contributed by atoms with E-state index < -0.39 is 0 Å². The summed E-state index contributed by atoms with van der Waals surface area (Å²) in [5.41, 5.74) is 0. The number of methoxy groups -OCH3 is 1. The van der Waals surface area contributed by atoms with Crippen molar-refractivity contribution in [2.75, 3.05) is 20.2 Å². The van der Waals surface area contributed by atoms with E-state index in [9.17, 15) is 0 Å². The highest BCUT2D eigenvalue weighted by molar-refractivity contribution is 5.69. The van der Waals surface area contributed by atoms with Gasteiger partial charge in [-0.2, -0.15) is 0 Å². The number of unbranched alkanes of at least 4 members (excludes halogenated alkanes) is 2. The van der Waals surface area contributed by atoms with Crippen molar-refractivity contribution in [2.24, 2.45) is 0 Å². The Kier molecular flexibility index (Phi) is 7.45. The van der Waals surface area contributed by atoms with Gasteiger partial charge in [0.15, 0.2) is 0 Å². The average molecular weight is 186 g/mol. The van der Waals surface area contributed by atoms with Crippen molar-refractivity contribution < 1.29 is 4.74 Å². The summed E-state index contributed by atoms with van der Waals surface area (Å²) in [6.07, 6.45) is 4.60. The second-order valence-electron chi connectivity index (χ2n) is 3.20. The Morgan fingerprint density at radius 3 is 1.92 bits per heavy atom. The van der Waals surface area contributed by atoms with Crippen LogP contribution in [0.5, 0.6) is 0 Å². The van der Waals surface area contributed by atoms with E-state index in [2.05, 4.69) is 13.8 Å². The summed E-state index contributed by atoms with van der Waals surface area (Å²) in [5.74, 6) is 0. The third-order valence-electron chi connectivity index (χ3n) is 2.04. The van der Waals surface area contributed by atoms with Gasteiger partial charge >= 0.3 is 0 Å². The molecular weight excluding hydrogens is 164 g/mol. The van der Waals surface area contributed by atoms with Gasteiger partial charge < -0.3 is 9.64 Å². The Morgan fingerprint density at radius 2 is 1.62 bits per heavy atom. The maximum absolute atomic E-state index is 7.56. The maximum atomic E-state index is 7.56. The second kappa shape index (κ2) is 7.90. The van der Waals surface area contributed by atoms with Crippen LogP contribution >= 0.6 is 0 Å². The summed E-state index contributed by atoms with van der Waals surface area (Å²) in [6, 6.07) is 0.307. The molecule has 0 saturated heterocycles. The van der Waals surface area contributed by atoms with Gasteiger partial charge in [-0.15, -0.1) is 0 Å². The van der Waals surface area contributed by atoms with Crippen LogP contribution in [0.4, 0.5) is 0 Å². The standard InChI is InChI=1S/C10H22N2O/c1-4-6-8-12(9-7-5-2)10(11)13-3/h11H,4-9H2,1-3H3. The molecule has 0 aliphatic heterocycles. The fraction of sp³-hybridized carbons (Fsp3) is 0.900. The number of hydrogen-bond donors (Lipinski definition) is 1. The van der Waals surface area contributed by atoms with Gasteiger partial charge in [-0.05, 0) is 12.8 Å². The fourth-order valence-electron chi connectivity index (χ4n) is 1.14. The van der Waals surface area contributed by atoms with Gasteiger partial charge in [0.25, 0.3) is 6.02 Å². The topological polar surface area (TPSA) is 36.3 Å². The van der Waals surface area contributed by atoms with Gasteiger partial charge in [0, 0.05) is 13.1 Å². The van der Waals surface area contributed by atoms with Crippen molar-refractivity contribution in [3.8, 4) is 0 Å². The molecule has 78 valence electrons. The van der Waals surface area contributed by atoms with Crippen LogP contribution in [0.3, 0.4) is 0 Å². The van der Waals surface area contributed by atoms with Gasteiger partial charge in [-0.1, -0.05) is 26.7 Å². The number of rotatable bonds is 6. The predicted octanol–water partition coefficient (Wildman–Crippen LogP) is 2.47. The molecule has 3 heteroatoms. The normalized spacial score (nSPS) is 9.77. The van der Waals surface area contributed by atoms with Gasteiger partial charge in [0.1, 0.15) is 0 Å². The Hall–Kier alpha value is -0.730. The van der Waals surface area contributed by atoms with Gasteiger partial charge in [0.05, 0.1) is 7.11 Å². The first-order valence-corrected chi connectivity index (χ1v) is 5.13. The van der Waals surface area contributed by atoms with Crippen LogP contribution in [0.2, 0.25) is 0 Å². The van der Waals surface area contributed by atoms with E-state index in [-0.39, 0.29) is 0 Å². The van der Waals surface area contributed by atoms with Crippen molar-refractivity contribution in [2.45, 2.75) is 39.5 Å². The van der Waals surface area contributed by atoms with Crippen molar-refractivity contribution >= 4 is 6.02 Å². The number of nitrogens with zero attached hydrogens (tertiary/aromatic N) is 1. The number of ether oxygens (including phenoxy) is 1. The molecule has 13 heavy (non-hydrogen) atoms. The largest absolute Gasteiger partial charge is 0.469 e. The molecule has 0 aromatic heterocycles. The molecule has 1 N–H and O–H groups in total. The summed E-state index contributed by atoms with van der Waals surface area (Å²) < 4.78 is 4.92. The first-order valence-electron chi connectivity index (χ1n) is 5.13. The molecule has 0 aromatic rings.